The van der Waals surface area contributed by atoms with Crippen molar-refractivity contribution in [3.8, 4) is 0 Å². The lowest BCUT2D eigenvalue weighted by atomic mass is 9.87. The fraction of sp³-hybridized carbons (Fsp3) is 0.571. The number of nitrogen functional groups attached to an aromatic ring is 1. The van der Waals surface area contributed by atoms with Gasteiger partial charge in [0, 0.05) is 12.0 Å². The number of anilines is 2. The first-order valence-corrected chi connectivity index (χ1v) is 6.36. The van der Waals surface area contributed by atoms with Gasteiger partial charge in [-0.05, 0) is 37.5 Å². The molecule has 0 heterocycles. The zero-order valence-corrected chi connectivity index (χ0v) is 10.5. The fourth-order valence-electron chi connectivity index (χ4n) is 2.64. The Morgan fingerprint density at radius 3 is 2.65 bits per heavy atom. The number of nitrogens with two attached hydrogens (primary N) is 1. The Bertz CT molecular complexity index is 384. The summed E-state index contributed by atoms with van der Waals surface area (Å²) in [4.78, 5) is 0. The van der Waals surface area contributed by atoms with Crippen LogP contribution in [-0.2, 0) is 0 Å². The third kappa shape index (κ3) is 2.72. The van der Waals surface area contributed by atoms with Crippen molar-refractivity contribution in [2.75, 3.05) is 24.2 Å². The van der Waals surface area contributed by atoms with E-state index in [4.69, 9.17) is 5.73 Å². The molecule has 1 aromatic rings. The number of hydrogen-bond acceptors (Lipinski definition) is 3. The highest BCUT2D eigenvalue weighted by Crippen LogP contribution is 2.38. The second-order valence-electron chi connectivity index (χ2n) is 5.31. The lowest BCUT2D eigenvalue weighted by Gasteiger charge is -2.27. The normalized spacial score (nSPS) is 18.2. The monoisotopic (exact) mass is 234 g/mol. The molecule has 17 heavy (non-hydrogen) atoms. The summed E-state index contributed by atoms with van der Waals surface area (Å²) in [5.74, 6) is 0. The van der Waals surface area contributed by atoms with Crippen LogP contribution in [0, 0.1) is 12.3 Å². The van der Waals surface area contributed by atoms with E-state index >= 15 is 0 Å². The van der Waals surface area contributed by atoms with E-state index in [0.717, 1.165) is 30.8 Å². The second kappa shape index (κ2) is 4.96. The minimum absolute atomic E-state index is 0.0668. The molecule has 94 valence electrons. The molecule has 1 aliphatic rings. The summed E-state index contributed by atoms with van der Waals surface area (Å²) in [6.07, 6.45) is 4.68. The highest BCUT2D eigenvalue weighted by Gasteiger charge is 2.32. The number of aliphatic hydroxyl groups excluding tert-OH is 1. The summed E-state index contributed by atoms with van der Waals surface area (Å²) in [5.41, 5.74) is 8.97. The quantitative estimate of drug-likeness (QED) is 0.702. The molecule has 0 bridgehead atoms. The number of aliphatic hydroxyl groups is 1. The van der Waals surface area contributed by atoms with Gasteiger partial charge in [-0.3, -0.25) is 0 Å². The fourth-order valence-corrected chi connectivity index (χ4v) is 2.64. The second-order valence-corrected chi connectivity index (χ2v) is 5.31. The maximum atomic E-state index is 9.54. The SMILES string of the molecule is Cc1ccc(NCC2(CO)CCCC2)c(N)c1. The summed E-state index contributed by atoms with van der Waals surface area (Å²) >= 11 is 0. The van der Waals surface area contributed by atoms with Crippen LogP contribution in [0.15, 0.2) is 18.2 Å². The maximum Gasteiger partial charge on any atom is 0.0574 e. The average Bonchev–Trinajstić information content (AvgIpc) is 2.77. The highest BCUT2D eigenvalue weighted by molar-refractivity contribution is 5.66. The van der Waals surface area contributed by atoms with Crippen LogP contribution in [0.25, 0.3) is 0 Å². The van der Waals surface area contributed by atoms with E-state index in [2.05, 4.69) is 11.4 Å². The van der Waals surface area contributed by atoms with E-state index in [1.165, 1.54) is 18.4 Å². The zero-order chi connectivity index (χ0) is 12.3. The van der Waals surface area contributed by atoms with Gasteiger partial charge in [0.15, 0.2) is 0 Å². The largest absolute Gasteiger partial charge is 0.397 e. The zero-order valence-electron chi connectivity index (χ0n) is 10.5. The number of nitrogens with one attached hydrogen (secondary N) is 1. The van der Waals surface area contributed by atoms with Crippen LogP contribution in [-0.4, -0.2) is 18.3 Å². The minimum atomic E-state index is 0.0668. The molecule has 0 atom stereocenters. The molecule has 0 saturated heterocycles. The van der Waals surface area contributed by atoms with Gasteiger partial charge in [-0.2, -0.15) is 0 Å². The molecule has 3 heteroatoms. The van der Waals surface area contributed by atoms with Gasteiger partial charge in [0.1, 0.15) is 0 Å². The molecule has 1 aromatic carbocycles. The molecule has 1 fully saturated rings. The predicted octanol–water partition coefficient (Wildman–Crippen LogP) is 2.54. The van der Waals surface area contributed by atoms with E-state index in [0.29, 0.717) is 0 Å². The van der Waals surface area contributed by atoms with E-state index in [9.17, 15) is 5.11 Å². The molecule has 3 nitrogen and oxygen atoms in total. The summed E-state index contributed by atoms with van der Waals surface area (Å²) in [7, 11) is 0. The van der Waals surface area contributed by atoms with Crippen molar-refractivity contribution in [1.82, 2.24) is 0 Å². The Hall–Kier alpha value is -1.22. The van der Waals surface area contributed by atoms with Gasteiger partial charge in [0.25, 0.3) is 0 Å². The van der Waals surface area contributed by atoms with Crippen LogP contribution in [0.2, 0.25) is 0 Å². The molecular weight excluding hydrogens is 212 g/mol. The van der Waals surface area contributed by atoms with Crippen LogP contribution >= 0.6 is 0 Å². The van der Waals surface area contributed by atoms with Gasteiger partial charge in [-0.1, -0.05) is 18.9 Å². The number of aryl methyl sites for hydroxylation is 1. The van der Waals surface area contributed by atoms with E-state index in [1.807, 2.05) is 19.1 Å². The number of rotatable bonds is 4. The molecule has 0 aliphatic heterocycles. The first kappa shape index (κ1) is 12.2. The van der Waals surface area contributed by atoms with Crippen LogP contribution in [0.5, 0.6) is 0 Å². The van der Waals surface area contributed by atoms with Crippen molar-refractivity contribution in [1.29, 1.82) is 0 Å². The molecule has 2 rings (SSSR count). The van der Waals surface area contributed by atoms with Crippen LogP contribution in [0.1, 0.15) is 31.2 Å². The van der Waals surface area contributed by atoms with Crippen molar-refractivity contribution >= 4 is 11.4 Å². The molecule has 0 amide bonds. The van der Waals surface area contributed by atoms with Crippen molar-refractivity contribution < 1.29 is 5.11 Å². The summed E-state index contributed by atoms with van der Waals surface area (Å²) in [5, 5.41) is 12.9. The Morgan fingerprint density at radius 1 is 1.35 bits per heavy atom. The molecule has 1 saturated carbocycles. The van der Waals surface area contributed by atoms with Crippen LogP contribution in [0.4, 0.5) is 11.4 Å². The first-order valence-electron chi connectivity index (χ1n) is 6.36. The molecule has 4 N–H and O–H groups in total. The van der Waals surface area contributed by atoms with Crippen molar-refractivity contribution in [3.05, 3.63) is 23.8 Å². The van der Waals surface area contributed by atoms with Gasteiger partial charge < -0.3 is 16.2 Å². The van der Waals surface area contributed by atoms with Crippen molar-refractivity contribution in [3.63, 3.8) is 0 Å². The lowest BCUT2D eigenvalue weighted by molar-refractivity contribution is 0.142. The maximum absolute atomic E-state index is 9.54. The van der Waals surface area contributed by atoms with Gasteiger partial charge >= 0.3 is 0 Å². The van der Waals surface area contributed by atoms with Crippen LogP contribution in [0.3, 0.4) is 0 Å². The Morgan fingerprint density at radius 2 is 2.06 bits per heavy atom. The van der Waals surface area contributed by atoms with Gasteiger partial charge in [0.2, 0.25) is 0 Å². The van der Waals surface area contributed by atoms with Gasteiger partial charge in [0.05, 0.1) is 18.0 Å². The molecular formula is C14H22N2O. The lowest BCUT2D eigenvalue weighted by Crippen LogP contribution is -2.30. The Labute approximate surface area is 103 Å². The third-order valence-electron chi connectivity index (χ3n) is 3.86. The van der Waals surface area contributed by atoms with E-state index < -0.39 is 0 Å². The Balaban J connectivity index is 2.01. The standard InChI is InChI=1S/C14H22N2O/c1-11-4-5-13(12(15)8-11)16-9-14(10-17)6-2-3-7-14/h4-5,8,16-17H,2-3,6-7,9-10,15H2,1H3. The van der Waals surface area contributed by atoms with E-state index in [1.54, 1.807) is 0 Å². The summed E-state index contributed by atoms with van der Waals surface area (Å²) < 4.78 is 0. The molecule has 1 aliphatic carbocycles. The number of hydrogen-bond donors (Lipinski definition) is 3. The smallest absolute Gasteiger partial charge is 0.0574 e. The molecule has 0 spiro atoms. The molecule has 0 aromatic heterocycles. The first-order chi connectivity index (χ1) is 8.15. The number of benzene rings is 1. The van der Waals surface area contributed by atoms with Crippen molar-refractivity contribution in [2.24, 2.45) is 5.41 Å². The highest BCUT2D eigenvalue weighted by atomic mass is 16.3. The topological polar surface area (TPSA) is 58.3 Å². The average molecular weight is 234 g/mol. The summed E-state index contributed by atoms with van der Waals surface area (Å²) in [6, 6.07) is 6.05. The van der Waals surface area contributed by atoms with Crippen LogP contribution < -0.4 is 11.1 Å². The van der Waals surface area contributed by atoms with Gasteiger partial charge in [-0.25, -0.2) is 0 Å². The minimum Gasteiger partial charge on any atom is -0.397 e. The molecule has 0 unspecified atom stereocenters. The van der Waals surface area contributed by atoms with Gasteiger partial charge in [-0.15, -0.1) is 0 Å². The van der Waals surface area contributed by atoms with Crippen molar-refractivity contribution in [2.45, 2.75) is 32.6 Å². The summed E-state index contributed by atoms with van der Waals surface area (Å²) in [6.45, 7) is 3.12. The molecule has 0 radical (unpaired) electrons. The Kier molecular flexibility index (Phi) is 3.57. The van der Waals surface area contributed by atoms with E-state index in [-0.39, 0.29) is 12.0 Å². The predicted molar refractivity (Wildman–Crippen MR) is 72.1 cm³/mol. The third-order valence-corrected chi connectivity index (χ3v) is 3.86.